The second kappa shape index (κ2) is 19.6. The molecule has 79 heavy (non-hydrogen) atoms. The molecule has 0 aliphatic carbocycles. The van der Waals surface area contributed by atoms with Gasteiger partial charge in [-0.05, 0) is 193 Å². The summed E-state index contributed by atoms with van der Waals surface area (Å²) in [7, 11) is 0. The van der Waals surface area contributed by atoms with Crippen LogP contribution in [0.1, 0.15) is 0 Å². The number of thiophene rings is 1. The van der Waals surface area contributed by atoms with Gasteiger partial charge < -0.3 is 0 Å². The summed E-state index contributed by atoms with van der Waals surface area (Å²) >= 11 is 1.88. The molecule has 0 fully saturated rings. The van der Waals surface area contributed by atoms with Gasteiger partial charge in [-0.25, -0.2) is 0 Å². The summed E-state index contributed by atoms with van der Waals surface area (Å²) in [6.45, 7) is 0. The van der Waals surface area contributed by atoms with E-state index in [1.54, 1.807) is 0 Å². The van der Waals surface area contributed by atoms with Crippen LogP contribution in [0.15, 0.2) is 303 Å². The maximum absolute atomic E-state index is 2.41. The van der Waals surface area contributed by atoms with Gasteiger partial charge in [-0.15, -0.1) is 11.3 Å². The molecular formula is C78H50S. The molecule has 0 unspecified atom stereocenters. The summed E-state index contributed by atoms with van der Waals surface area (Å²) in [4.78, 5) is 0. The summed E-state index contributed by atoms with van der Waals surface area (Å²) in [5.74, 6) is 0. The minimum Gasteiger partial charge on any atom is -0.135 e. The zero-order valence-electron chi connectivity index (χ0n) is 43.3. The van der Waals surface area contributed by atoms with Crippen molar-refractivity contribution in [3.05, 3.63) is 303 Å². The van der Waals surface area contributed by atoms with Crippen LogP contribution < -0.4 is 0 Å². The van der Waals surface area contributed by atoms with Crippen LogP contribution in [0.3, 0.4) is 0 Å². The number of hydrogen-bond donors (Lipinski definition) is 0. The van der Waals surface area contributed by atoms with Crippen LogP contribution in [-0.4, -0.2) is 0 Å². The van der Waals surface area contributed by atoms with E-state index < -0.39 is 0 Å². The highest BCUT2D eigenvalue weighted by Crippen LogP contribution is 2.44. The van der Waals surface area contributed by atoms with Gasteiger partial charge in [-0.1, -0.05) is 243 Å². The summed E-state index contributed by atoms with van der Waals surface area (Å²) in [6, 6.07) is 112. The summed E-state index contributed by atoms with van der Waals surface area (Å²) < 4.78 is 2.63. The normalized spacial score (nSPS) is 11.5. The van der Waals surface area contributed by atoms with Crippen molar-refractivity contribution in [2.24, 2.45) is 0 Å². The molecule has 14 aromatic carbocycles. The lowest BCUT2D eigenvalue weighted by Gasteiger charge is -2.15. The maximum atomic E-state index is 2.41. The van der Waals surface area contributed by atoms with Gasteiger partial charge in [0.25, 0.3) is 0 Å². The highest BCUT2D eigenvalue weighted by Gasteiger charge is 2.17. The Morgan fingerprint density at radius 1 is 0.152 bits per heavy atom. The van der Waals surface area contributed by atoms with Crippen LogP contribution in [0.2, 0.25) is 0 Å². The van der Waals surface area contributed by atoms with Crippen molar-refractivity contribution >= 4 is 63.8 Å². The second-order valence-electron chi connectivity index (χ2n) is 20.8. The number of rotatable bonds is 9. The third-order valence-corrected chi connectivity index (χ3v) is 17.3. The van der Waals surface area contributed by atoms with Crippen molar-refractivity contribution in [1.82, 2.24) is 0 Å². The first-order valence-electron chi connectivity index (χ1n) is 27.2. The van der Waals surface area contributed by atoms with Gasteiger partial charge in [0.2, 0.25) is 0 Å². The van der Waals surface area contributed by atoms with Crippen molar-refractivity contribution in [3.63, 3.8) is 0 Å². The standard InChI is InChI=1S/C78H50S/c1-3-16-51(17-4-1)53-32-36-55(37-33-53)62-44-64(47-65(45-62)61-40-41-73-71-26-8-7-24-69(71)70-25-9-10-27-72(70)76(73)50-61)59-22-13-20-57(42-59)58-21-14-23-60(43-58)66-46-63(56-38-34-54(35-39-56)52-18-5-2-6-19-52)48-67(49-66)68-29-15-30-75-74-28-11-12-31-77(74)79-78(68)75/h1-50H. The van der Waals surface area contributed by atoms with Crippen LogP contribution in [0.4, 0.5) is 0 Å². The third-order valence-electron chi connectivity index (χ3n) is 16.0. The molecule has 0 saturated carbocycles. The van der Waals surface area contributed by atoms with Crippen LogP contribution in [0.5, 0.6) is 0 Å². The predicted molar refractivity (Wildman–Crippen MR) is 341 cm³/mol. The first-order chi connectivity index (χ1) is 39.1. The Morgan fingerprint density at radius 2 is 0.443 bits per heavy atom. The molecule has 0 spiro atoms. The number of benzene rings is 14. The number of hydrogen-bond acceptors (Lipinski definition) is 1. The van der Waals surface area contributed by atoms with Gasteiger partial charge in [-0.2, -0.15) is 0 Å². The average Bonchev–Trinajstić information content (AvgIpc) is 4.14. The van der Waals surface area contributed by atoms with E-state index >= 15 is 0 Å². The zero-order chi connectivity index (χ0) is 52.2. The van der Waals surface area contributed by atoms with Crippen molar-refractivity contribution < 1.29 is 0 Å². The van der Waals surface area contributed by atoms with Gasteiger partial charge in [0, 0.05) is 20.2 Å². The Hall–Kier alpha value is -9.92. The highest BCUT2D eigenvalue weighted by atomic mass is 32.1. The summed E-state index contributed by atoms with van der Waals surface area (Å²) in [5, 5.41) is 10.3. The van der Waals surface area contributed by atoms with Crippen molar-refractivity contribution in [3.8, 4) is 100 Å². The molecule has 368 valence electrons. The minimum absolute atomic E-state index is 1.17. The molecule has 1 aromatic heterocycles. The molecule has 1 heterocycles. The lowest BCUT2D eigenvalue weighted by Crippen LogP contribution is -1.89. The maximum Gasteiger partial charge on any atom is 0.0433 e. The van der Waals surface area contributed by atoms with Crippen LogP contribution in [0, 0.1) is 0 Å². The Labute approximate surface area is 464 Å². The number of fused-ring (bicyclic) bond motifs is 9. The molecule has 0 radical (unpaired) electrons. The van der Waals surface area contributed by atoms with E-state index in [2.05, 4.69) is 303 Å². The molecule has 15 aromatic rings. The third kappa shape index (κ3) is 8.59. The first-order valence-corrected chi connectivity index (χ1v) is 28.0. The summed E-state index contributed by atoms with van der Waals surface area (Å²) in [5.41, 5.74) is 21.5. The average molecular weight is 1020 g/mol. The van der Waals surface area contributed by atoms with Gasteiger partial charge >= 0.3 is 0 Å². The molecule has 0 bridgehead atoms. The van der Waals surface area contributed by atoms with Gasteiger partial charge in [0.15, 0.2) is 0 Å². The van der Waals surface area contributed by atoms with E-state index in [0.717, 1.165) is 0 Å². The molecular weight excluding hydrogens is 969 g/mol. The van der Waals surface area contributed by atoms with Gasteiger partial charge in [-0.3, -0.25) is 0 Å². The quantitative estimate of drug-likeness (QED) is 0.126. The van der Waals surface area contributed by atoms with E-state index in [9.17, 15) is 0 Å². The zero-order valence-corrected chi connectivity index (χ0v) is 44.1. The van der Waals surface area contributed by atoms with E-state index in [0.29, 0.717) is 0 Å². The van der Waals surface area contributed by atoms with E-state index in [1.807, 2.05) is 11.3 Å². The minimum atomic E-state index is 1.17. The molecule has 0 nitrogen and oxygen atoms in total. The van der Waals surface area contributed by atoms with E-state index in [-0.39, 0.29) is 0 Å². The summed E-state index contributed by atoms with van der Waals surface area (Å²) in [6.07, 6.45) is 0. The van der Waals surface area contributed by atoms with Crippen molar-refractivity contribution in [2.75, 3.05) is 0 Å². The second-order valence-corrected chi connectivity index (χ2v) is 21.8. The monoisotopic (exact) mass is 1020 g/mol. The fourth-order valence-corrected chi connectivity index (χ4v) is 13.3. The smallest absolute Gasteiger partial charge is 0.0433 e. The molecule has 15 rings (SSSR count). The molecule has 0 aliphatic rings. The predicted octanol–water partition coefficient (Wildman–Crippen LogP) is 22.5. The van der Waals surface area contributed by atoms with Gasteiger partial charge in [0.1, 0.15) is 0 Å². The Morgan fingerprint density at radius 3 is 0.937 bits per heavy atom. The molecule has 0 amide bonds. The van der Waals surface area contributed by atoms with E-state index in [1.165, 1.54) is 153 Å². The van der Waals surface area contributed by atoms with Crippen molar-refractivity contribution in [2.45, 2.75) is 0 Å². The molecule has 1 heteroatoms. The topological polar surface area (TPSA) is 0 Å². The fraction of sp³-hybridized carbons (Fsp3) is 0. The Balaban J connectivity index is 0.846. The lowest BCUT2D eigenvalue weighted by atomic mass is 9.89. The van der Waals surface area contributed by atoms with Crippen LogP contribution in [0.25, 0.3) is 153 Å². The SMILES string of the molecule is c1ccc(-c2ccc(-c3cc(-c4cccc(-c5cccc(-c6cc(-c7ccc(-c8ccccc8)cc7)cc(-c7cccc8c7sc7ccccc78)c6)c5)c4)cc(-c4ccc5c6ccccc6c6ccccc6c5c4)c3)cc2)cc1. The van der Waals surface area contributed by atoms with Crippen LogP contribution >= 0.6 is 11.3 Å². The highest BCUT2D eigenvalue weighted by molar-refractivity contribution is 7.26. The lowest BCUT2D eigenvalue weighted by molar-refractivity contribution is 1.55. The Bertz CT molecular complexity index is 4760. The van der Waals surface area contributed by atoms with E-state index in [4.69, 9.17) is 0 Å². The fourth-order valence-electron chi connectivity index (χ4n) is 12.0. The molecule has 0 aliphatic heterocycles. The largest absolute Gasteiger partial charge is 0.135 e. The molecule has 0 N–H and O–H groups in total. The molecule has 0 saturated heterocycles. The van der Waals surface area contributed by atoms with Crippen molar-refractivity contribution in [1.29, 1.82) is 0 Å². The Kier molecular flexibility index (Phi) is 11.5. The van der Waals surface area contributed by atoms with Gasteiger partial charge in [0.05, 0.1) is 0 Å². The first kappa shape index (κ1) is 46.4. The van der Waals surface area contributed by atoms with Crippen LogP contribution in [-0.2, 0) is 0 Å². The molecule has 0 atom stereocenters.